The highest BCUT2D eigenvalue weighted by molar-refractivity contribution is 9.10. The number of likely N-dealkylation sites (N-methyl/N-ethyl adjacent to an activating group) is 2. The van der Waals surface area contributed by atoms with Crippen molar-refractivity contribution in [3.05, 3.63) is 113 Å². The standard InChI is InChI=1S/C30H30BrN3O4S/c1-32-30(36)28(18-22-9-4-3-5-10-22)34(20-23-11-8-14-26(31)17-23)29(35)21-33(2)39(37,38)27-16-15-24-12-6-7-13-25(24)19-27/h3-17,19,28H,18,20-21H2,1-2H3,(H,32,36)/t28-/m1/s1. The predicted molar refractivity (Wildman–Crippen MR) is 156 cm³/mol. The zero-order valence-electron chi connectivity index (χ0n) is 21.7. The first-order chi connectivity index (χ1) is 18.7. The zero-order valence-corrected chi connectivity index (χ0v) is 24.2. The Kier molecular flexibility index (Phi) is 9.16. The molecule has 7 nitrogen and oxygen atoms in total. The molecule has 0 radical (unpaired) electrons. The van der Waals surface area contributed by atoms with Gasteiger partial charge in [0.15, 0.2) is 0 Å². The molecule has 0 heterocycles. The molecule has 0 aliphatic rings. The molecule has 39 heavy (non-hydrogen) atoms. The Morgan fingerprint density at radius 2 is 1.51 bits per heavy atom. The topological polar surface area (TPSA) is 86.8 Å². The van der Waals surface area contributed by atoms with Gasteiger partial charge in [0.1, 0.15) is 6.04 Å². The number of benzene rings is 4. The lowest BCUT2D eigenvalue weighted by atomic mass is 10.0. The first kappa shape index (κ1) is 28.5. The molecule has 4 rings (SSSR count). The van der Waals surface area contributed by atoms with Crippen molar-refractivity contribution in [1.29, 1.82) is 0 Å². The van der Waals surface area contributed by atoms with Gasteiger partial charge in [0.25, 0.3) is 0 Å². The van der Waals surface area contributed by atoms with Crippen LogP contribution < -0.4 is 5.32 Å². The van der Waals surface area contributed by atoms with E-state index < -0.39 is 28.5 Å². The zero-order chi connectivity index (χ0) is 28.0. The van der Waals surface area contributed by atoms with Crippen LogP contribution in [0.25, 0.3) is 10.8 Å². The van der Waals surface area contributed by atoms with E-state index in [0.717, 1.165) is 30.7 Å². The van der Waals surface area contributed by atoms with Crippen LogP contribution in [0.5, 0.6) is 0 Å². The third-order valence-electron chi connectivity index (χ3n) is 6.55. The summed E-state index contributed by atoms with van der Waals surface area (Å²) in [5.74, 6) is -0.811. The summed E-state index contributed by atoms with van der Waals surface area (Å²) >= 11 is 3.46. The molecule has 2 amide bonds. The van der Waals surface area contributed by atoms with Crippen LogP contribution >= 0.6 is 15.9 Å². The molecular weight excluding hydrogens is 578 g/mol. The minimum Gasteiger partial charge on any atom is -0.357 e. The van der Waals surface area contributed by atoms with Gasteiger partial charge in [0.2, 0.25) is 21.8 Å². The minimum absolute atomic E-state index is 0.0992. The summed E-state index contributed by atoms with van der Waals surface area (Å²) in [5, 5.41) is 4.38. The van der Waals surface area contributed by atoms with Gasteiger partial charge >= 0.3 is 0 Å². The predicted octanol–water partition coefficient (Wildman–Crippen LogP) is 4.61. The molecule has 9 heteroatoms. The van der Waals surface area contributed by atoms with Crippen molar-refractivity contribution in [3.8, 4) is 0 Å². The number of fused-ring (bicyclic) bond motifs is 1. The Morgan fingerprint density at radius 1 is 0.846 bits per heavy atom. The fourth-order valence-electron chi connectivity index (χ4n) is 4.43. The van der Waals surface area contributed by atoms with E-state index in [1.807, 2.05) is 78.9 Å². The molecule has 0 unspecified atom stereocenters. The number of nitrogens with zero attached hydrogens (tertiary/aromatic N) is 2. The highest BCUT2D eigenvalue weighted by Crippen LogP contribution is 2.23. The average molecular weight is 609 g/mol. The lowest BCUT2D eigenvalue weighted by molar-refractivity contribution is -0.141. The van der Waals surface area contributed by atoms with E-state index in [9.17, 15) is 18.0 Å². The molecule has 1 atom stereocenters. The molecule has 202 valence electrons. The van der Waals surface area contributed by atoms with E-state index in [2.05, 4.69) is 21.2 Å². The highest BCUT2D eigenvalue weighted by atomic mass is 79.9. The summed E-state index contributed by atoms with van der Waals surface area (Å²) in [6.07, 6.45) is 0.279. The maximum atomic E-state index is 13.8. The van der Waals surface area contributed by atoms with Gasteiger partial charge in [0, 0.05) is 31.5 Å². The second-order valence-corrected chi connectivity index (χ2v) is 12.2. The SMILES string of the molecule is CNC(=O)[C@@H](Cc1ccccc1)N(Cc1cccc(Br)c1)C(=O)CN(C)S(=O)(=O)c1ccc2ccccc2c1. The molecule has 0 saturated heterocycles. The molecule has 0 spiro atoms. The summed E-state index contributed by atoms with van der Waals surface area (Å²) < 4.78 is 28.8. The van der Waals surface area contributed by atoms with Crippen molar-refractivity contribution in [3.63, 3.8) is 0 Å². The van der Waals surface area contributed by atoms with Gasteiger partial charge in [-0.2, -0.15) is 4.31 Å². The molecule has 0 bridgehead atoms. The Morgan fingerprint density at radius 3 is 2.21 bits per heavy atom. The normalized spacial score (nSPS) is 12.3. The van der Waals surface area contributed by atoms with Crippen molar-refractivity contribution < 1.29 is 18.0 Å². The summed E-state index contributed by atoms with van der Waals surface area (Å²) in [5.41, 5.74) is 1.69. The van der Waals surface area contributed by atoms with E-state index in [-0.39, 0.29) is 23.8 Å². The lowest BCUT2D eigenvalue weighted by Gasteiger charge is -2.32. The number of carbonyl (C=O) groups is 2. The number of sulfonamides is 1. The van der Waals surface area contributed by atoms with Crippen molar-refractivity contribution >= 4 is 48.5 Å². The second kappa shape index (κ2) is 12.5. The number of hydrogen-bond donors (Lipinski definition) is 1. The van der Waals surface area contributed by atoms with E-state index in [0.29, 0.717) is 0 Å². The maximum absolute atomic E-state index is 13.8. The third-order valence-corrected chi connectivity index (χ3v) is 8.84. The van der Waals surface area contributed by atoms with Crippen LogP contribution in [0.2, 0.25) is 0 Å². The first-order valence-electron chi connectivity index (χ1n) is 12.4. The maximum Gasteiger partial charge on any atom is 0.243 e. The molecule has 0 aliphatic heterocycles. The van der Waals surface area contributed by atoms with E-state index in [1.54, 1.807) is 18.2 Å². The van der Waals surface area contributed by atoms with Crippen molar-refractivity contribution in [2.75, 3.05) is 20.6 Å². The average Bonchev–Trinajstić information content (AvgIpc) is 2.94. The molecule has 0 saturated carbocycles. The van der Waals surface area contributed by atoms with Gasteiger partial charge in [-0.05, 0) is 46.2 Å². The van der Waals surface area contributed by atoms with Gasteiger partial charge in [-0.3, -0.25) is 9.59 Å². The van der Waals surface area contributed by atoms with Gasteiger partial charge in [-0.25, -0.2) is 8.42 Å². The molecule has 0 aromatic heterocycles. The number of halogens is 1. The van der Waals surface area contributed by atoms with Crippen LogP contribution in [-0.4, -0.2) is 56.1 Å². The minimum atomic E-state index is -3.97. The van der Waals surface area contributed by atoms with Gasteiger partial charge in [-0.1, -0.05) is 88.7 Å². The third kappa shape index (κ3) is 6.92. The Hall–Kier alpha value is -3.53. The van der Waals surface area contributed by atoms with E-state index >= 15 is 0 Å². The van der Waals surface area contributed by atoms with Crippen LogP contribution in [0, 0.1) is 0 Å². The summed E-state index contributed by atoms with van der Waals surface area (Å²) in [6, 6.07) is 28.4. The fourth-order valence-corrected chi connectivity index (χ4v) is 6.03. The van der Waals surface area contributed by atoms with Gasteiger partial charge in [-0.15, -0.1) is 0 Å². The first-order valence-corrected chi connectivity index (χ1v) is 14.7. The van der Waals surface area contributed by atoms with Gasteiger partial charge in [0.05, 0.1) is 11.4 Å². The summed E-state index contributed by atoms with van der Waals surface area (Å²) in [4.78, 5) is 28.5. The monoisotopic (exact) mass is 607 g/mol. The summed E-state index contributed by atoms with van der Waals surface area (Å²) in [7, 11) is -1.06. The van der Waals surface area contributed by atoms with Crippen LogP contribution in [0.15, 0.2) is 106 Å². The molecule has 4 aromatic rings. The van der Waals surface area contributed by atoms with E-state index in [4.69, 9.17) is 0 Å². The summed E-state index contributed by atoms with van der Waals surface area (Å²) in [6.45, 7) is -0.293. The number of nitrogens with one attached hydrogen (secondary N) is 1. The number of rotatable bonds is 10. The smallest absolute Gasteiger partial charge is 0.243 e. The molecule has 4 aromatic carbocycles. The van der Waals surface area contributed by atoms with Crippen LogP contribution in [0.1, 0.15) is 11.1 Å². The lowest BCUT2D eigenvalue weighted by Crippen LogP contribution is -2.52. The second-order valence-electron chi connectivity index (χ2n) is 9.24. The van der Waals surface area contributed by atoms with Crippen LogP contribution in [0.4, 0.5) is 0 Å². The fraction of sp³-hybridized carbons (Fsp3) is 0.200. The number of carbonyl (C=O) groups excluding carboxylic acids is 2. The highest BCUT2D eigenvalue weighted by Gasteiger charge is 2.32. The molecule has 1 N–H and O–H groups in total. The van der Waals surface area contributed by atoms with Crippen molar-refractivity contribution in [2.45, 2.75) is 23.9 Å². The Bertz CT molecular complexity index is 1580. The van der Waals surface area contributed by atoms with Crippen molar-refractivity contribution in [1.82, 2.24) is 14.5 Å². The Labute approximate surface area is 237 Å². The molecule has 0 aliphatic carbocycles. The van der Waals surface area contributed by atoms with Gasteiger partial charge < -0.3 is 10.2 Å². The number of hydrogen-bond acceptors (Lipinski definition) is 4. The Balaban J connectivity index is 1.65. The van der Waals surface area contributed by atoms with Crippen molar-refractivity contribution in [2.24, 2.45) is 0 Å². The molecule has 0 fully saturated rings. The van der Waals surface area contributed by atoms with Crippen LogP contribution in [0.3, 0.4) is 0 Å². The van der Waals surface area contributed by atoms with E-state index in [1.165, 1.54) is 19.0 Å². The van der Waals surface area contributed by atoms with Crippen LogP contribution in [-0.2, 0) is 32.6 Å². The largest absolute Gasteiger partial charge is 0.357 e. The quantitative estimate of drug-likeness (QED) is 0.285. The molecular formula is C30H30BrN3O4S. The number of amides is 2.